The summed E-state index contributed by atoms with van der Waals surface area (Å²) in [6, 6.07) is 6.81. The first-order chi connectivity index (χ1) is 22.4. The fourth-order valence-corrected chi connectivity index (χ4v) is 10.5. The number of anilines is 1. The van der Waals surface area contributed by atoms with Gasteiger partial charge in [-0.25, -0.2) is 0 Å². The fourth-order valence-electron chi connectivity index (χ4n) is 6.22. The number of amides is 2. The third-order valence-corrected chi connectivity index (χ3v) is 13.3. The SMILES string of the molecule is CC(=O)c1nn(CC(=O)N2[C@H](C(=O)Nc3nc(Br)ccc3C)C[C@@]3(Cc4nnc(C)o4)[I-][C@@H]23)c2c(C)cc(-c3cnc(C)nc3)cc12. The fraction of sp³-hybridized carbons (Fsp3) is 0.344. The molecule has 2 fully saturated rings. The van der Waals surface area contributed by atoms with E-state index in [-0.39, 0.29) is 37.3 Å². The zero-order chi connectivity index (χ0) is 33.2. The number of ketones is 1. The number of hydrogen-bond acceptors (Lipinski definition) is 10. The molecular weight excluding hydrogens is 781 g/mol. The van der Waals surface area contributed by atoms with Crippen LogP contribution in [0, 0.1) is 27.7 Å². The molecule has 2 amide bonds. The van der Waals surface area contributed by atoms with E-state index in [9.17, 15) is 14.4 Å². The monoisotopic (exact) mass is 810 g/mol. The Bertz CT molecular complexity index is 2100. The maximum atomic E-state index is 14.3. The molecule has 5 aromatic rings. The van der Waals surface area contributed by atoms with Gasteiger partial charge < -0.3 is 0 Å². The van der Waals surface area contributed by atoms with Gasteiger partial charge in [0.2, 0.25) is 0 Å². The Morgan fingerprint density at radius 3 is 2.53 bits per heavy atom. The number of pyridine rings is 1. The minimum absolute atomic E-state index is 0.0864. The quantitative estimate of drug-likeness (QED) is 0.0791. The van der Waals surface area contributed by atoms with Crippen molar-refractivity contribution in [1.29, 1.82) is 0 Å². The normalized spacial score (nSPS) is 20.2. The van der Waals surface area contributed by atoms with Gasteiger partial charge >= 0.3 is 277 Å². The van der Waals surface area contributed by atoms with Gasteiger partial charge in [0.15, 0.2) is 0 Å². The van der Waals surface area contributed by atoms with Crippen molar-refractivity contribution in [2.24, 2.45) is 0 Å². The Morgan fingerprint density at radius 2 is 1.83 bits per heavy atom. The van der Waals surface area contributed by atoms with Crippen molar-refractivity contribution in [3.05, 3.63) is 75.7 Å². The summed E-state index contributed by atoms with van der Waals surface area (Å²) in [5, 5.41) is 16.4. The second-order valence-corrected chi connectivity index (χ2v) is 16.7. The van der Waals surface area contributed by atoms with Crippen molar-refractivity contribution in [3.8, 4) is 11.1 Å². The molecule has 0 radical (unpaired) electrons. The molecule has 4 aromatic heterocycles. The van der Waals surface area contributed by atoms with Crippen LogP contribution >= 0.6 is 15.9 Å². The summed E-state index contributed by atoms with van der Waals surface area (Å²) in [6.07, 6.45) is 4.48. The van der Waals surface area contributed by atoms with Crippen LogP contribution in [0.4, 0.5) is 5.82 Å². The van der Waals surface area contributed by atoms with Crippen molar-refractivity contribution >= 4 is 50.2 Å². The second kappa shape index (κ2) is 11.8. The molecule has 3 atom stereocenters. The Morgan fingerprint density at radius 1 is 1.06 bits per heavy atom. The molecule has 2 saturated heterocycles. The van der Waals surface area contributed by atoms with Crippen LogP contribution in [-0.2, 0) is 22.6 Å². The second-order valence-electron chi connectivity index (χ2n) is 12.0. The summed E-state index contributed by atoms with van der Waals surface area (Å²) in [5.74, 6) is 1.32. The molecule has 0 aliphatic carbocycles. The number of alkyl halides is 2. The summed E-state index contributed by atoms with van der Waals surface area (Å²) in [6.45, 7) is 8.68. The summed E-state index contributed by atoms with van der Waals surface area (Å²) in [4.78, 5) is 55.8. The standard InChI is InChI=1S/C32H30BrIN9O4/c1-15-6-7-24(33)37-29(15)38-30(46)23-10-32(11-25-40-39-19(5)47-25)31(34-32)43(23)26(45)14-42-28-16(2)8-20(21-12-35-18(4)36-13-21)9-22(28)27(41-42)17(3)44/h6-9,12-13,23,31H,10-11,14H2,1-5H3,(H,37,38,46)/q-1/t23-,31-,32-/m0/s1. The number of Topliss-reactive ketones (excluding diaryl/α,β-unsaturated/α-hetero) is 1. The minimum atomic E-state index is -0.728. The van der Waals surface area contributed by atoms with Crippen molar-refractivity contribution in [2.75, 3.05) is 5.32 Å². The molecule has 0 spiro atoms. The maximum absolute atomic E-state index is 14.3. The van der Waals surface area contributed by atoms with Gasteiger partial charge in [0, 0.05) is 0 Å². The van der Waals surface area contributed by atoms with Gasteiger partial charge in [0.25, 0.3) is 0 Å². The molecule has 1 aromatic carbocycles. The predicted molar refractivity (Wildman–Crippen MR) is 170 cm³/mol. The van der Waals surface area contributed by atoms with Crippen molar-refractivity contribution in [2.45, 2.75) is 67.5 Å². The van der Waals surface area contributed by atoms with E-state index in [0.29, 0.717) is 51.8 Å². The van der Waals surface area contributed by atoms with E-state index in [1.54, 1.807) is 35.0 Å². The molecule has 2 aliphatic rings. The first-order valence-corrected chi connectivity index (χ1v) is 18.0. The molecule has 0 saturated carbocycles. The van der Waals surface area contributed by atoms with Crippen molar-refractivity contribution in [3.63, 3.8) is 0 Å². The number of carbonyl (C=O) groups excluding carboxylic acids is 3. The average Bonchev–Trinajstić information content (AvgIpc) is 3.28. The molecule has 0 bridgehead atoms. The van der Waals surface area contributed by atoms with Crippen LogP contribution in [-0.4, -0.2) is 70.9 Å². The summed E-state index contributed by atoms with van der Waals surface area (Å²) in [7, 11) is 0. The van der Waals surface area contributed by atoms with Crippen LogP contribution in [0.15, 0.2) is 45.7 Å². The van der Waals surface area contributed by atoms with Crippen LogP contribution in [0.25, 0.3) is 22.0 Å². The third-order valence-electron chi connectivity index (χ3n) is 8.49. The van der Waals surface area contributed by atoms with Crippen LogP contribution in [0.2, 0.25) is 0 Å². The summed E-state index contributed by atoms with van der Waals surface area (Å²) < 4.78 is 7.55. The number of nitrogens with zero attached hydrogens (tertiary/aromatic N) is 8. The Balaban J connectivity index is 1.22. The molecule has 242 valence electrons. The number of hydrogen-bond donors (Lipinski definition) is 1. The van der Waals surface area contributed by atoms with E-state index in [1.165, 1.54) is 6.92 Å². The number of aromatic nitrogens is 7. The Labute approximate surface area is 288 Å². The molecule has 15 heteroatoms. The number of halogens is 2. The average molecular weight is 811 g/mol. The molecule has 6 heterocycles. The first-order valence-electron chi connectivity index (χ1n) is 14.9. The Kier molecular flexibility index (Phi) is 7.93. The van der Waals surface area contributed by atoms with Gasteiger partial charge in [-0.15, -0.1) is 0 Å². The van der Waals surface area contributed by atoms with Gasteiger partial charge in [-0.1, -0.05) is 0 Å². The molecule has 47 heavy (non-hydrogen) atoms. The van der Waals surface area contributed by atoms with E-state index in [4.69, 9.17) is 4.42 Å². The van der Waals surface area contributed by atoms with Crippen molar-refractivity contribution < 1.29 is 40.0 Å². The van der Waals surface area contributed by atoms with E-state index in [2.05, 4.69) is 51.5 Å². The van der Waals surface area contributed by atoms with Gasteiger partial charge in [0.05, 0.1) is 0 Å². The summed E-state index contributed by atoms with van der Waals surface area (Å²) in [5.41, 5.74) is 4.27. The van der Waals surface area contributed by atoms with E-state index in [0.717, 1.165) is 22.3 Å². The molecule has 13 nitrogen and oxygen atoms in total. The van der Waals surface area contributed by atoms with Crippen LogP contribution < -0.4 is 26.5 Å². The number of likely N-dealkylation sites (tertiary alicyclic amines) is 1. The van der Waals surface area contributed by atoms with Gasteiger partial charge in [-0.3, -0.25) is 0 Å². The molecular formula is C32H30BrIN9O4-. The van der Waals surface area contributed by atoms with E-state index < -0.39 is 27.2 Å². The van der Waals surface area contributed by atoms with Gasteiger partial charge in [-0.2, -0.15) is 0 Å². The van der Waals surface area contributed by atoms with Crippen LogP contribution in [0.1, 0.15) is 52.6 Å². The van der Waals surface area contributed by atoms with Gasteiger partial charge in [0.1, 0.15) is 5.82 Å². The molecule has 0 unspecified atom stereocenters. The zero-order valence-corrected chi connectivity index (χ0v) is 30.0. The summed E-state index contributed by atoms with van der Waals surface area (Å²) >= 11 is 2.90. The topological polar surface area (TPSA) is 162 Å². The first kappa shape index (κ1) is 31.5. The molecule has 1 N–H and O–H groups in total. The predicted octanol–water partition coefficient (Wildman–Crippen LogP) is 1.12. The van der Waals surface area contributed by atoms with Crippen LogP contribution in [0.3, 0.4) is 0 Å². The molecule has 7 rings (SSSR count). The number of carbonyl (C=O) groups is 3. The molecule has 2 aliphatic heterocycles. The van der Waals surface area contributed by atoms with Crippen molar-refractivity contribution in [1.82, 2.24) is 39.8 Å². The number of nitrogens with one attached hydrogen (secondary N) is 1. The van der Waals surface area contributed by atoms with E-state index in [1.807, 2.05) is 39.0 Å². The zero-order valence-electron chi connectivity index (χ0n) is 26.2. The number of rotatable bonds is 8. The number of fused-ring (bicyclic) bond motifs is 2. The van der Waals surface area contributed by atoms with E-state index >= 15 is 0 Å². The number of aryl methyl sites for hydroxylation is 4. The number of benzene rings is 1. The van der Waals surface area contributed by atoms with Gasteiger partial charge in [-0.05, 0) is 6.92 Å². The Hall–Kier alpha value is -4.12. The third kappa shape index (κ3) is 5.83. The van der Waals surface area contributed by atoms with Crippen LogP contribution in [0.5, 0.6) is 0 Å².